The monoisotopic (exact) mass is 407 g/mol. The first kappa shape index (κ1) is 19.1. The van der Waals surface area contributed by atoms with Gasteiger partial charge in [0, 0.05) is 11.0 Å². The molecule has 1 aromatic carbocycles. The topological polar surface area (TPSA) is 29.5 Å². The van der Waals surface area contributed by atoms with Crippen molar-refractivity contribution in [1.29, 1.82) is 0 Å². The predicted molar refractivity (Wildman–Crippen MR) is 88.5 cm³/mol. The molecule has 1 amide bonds. The molecule has 0 atom stereocenters. The smallest absolute Gasteiger partial charge is 0.416 e. The molecule has 0 spiro atoms. The van der Waals surface area contributed by atoms with E-state index in [0.29, 0.717) is 22.5 Å². The van der Waals surface area contributed by atoms with Gasteiger partial charge in [-0.3, -0.25) is 0 Å². The van der Waals surface area contributed by atoms with Crippen molar-refractivity contribution in [2.75, 3.05) is 6.54 Å². The molecule has 1 fully saturated rings. The fraction of sp³-hybridized carbons (Fsp3) is 0.588. The number of alkyl halides is 3. The van der Waals surface area contributed by atoms with Crippen LogP contribution in [-0.2, 0) is 17.5 Å². The minimum atomic E-state index is -4.41. The van der Waals surface area contributed by atoms with Gasteiger partial charge in [0.25, 0.3) is 0 Å². The van der Waals surface area contributed by atoms with Crippen LogP contribution in [0.3, 0.4) is 0 Å². The first-order valence-electron chi connectivity index (χ1n) is 7.79. The Balaban J connectivity index is 2.20. The normalized spacial score (nSPS) is 15.3. The third-order valence-corrected chi connectivity index (χ3v) is 4.34. The maximum Gasteiger partial charge on any atom is 0.416 e. The summed E-state index contributed by atoms with van der Waals surface area (Å²) in [4.78, 5) is 13.9. The van der Waals surface area contributed by atoms with E-state index in [1.54, 1.807) is 20.8 Å². The van der Waals surface area contributed by atoms with Gasteiger partial charge in [-0.2, -0.15) is 13.2 Å². The van der Waals surface area contributed by atoms with Gasteiger partial charge in [0.2, 0.25) is 0 Å². The molecule has 0 saturated heterocycles. The minimum Gasteiger partial charge on any atom is -0.444 e. The van der Waals surface area contributed by atoms with Crippen molar-refractivity contribution in [2.45, 2.75) is 51.9 Å². The Kier molecular flexibility index (Phi) is 5.52. The SMILES string of the molecule is CC(C)(C)OC(=O)N(Cc1cc(C(F)(F)F)ccc1Br)CC1CC1. The van der Waals surface area contributed by atoms with Gasteiger partial charge >= 0.3 is 12.3 Å². The summed E-state index contributed by atoms with van der Waals surface area (Å²) in [5, 5.41) is 0. The van der Waals surface area contributed by atoms with E-state index in [9.17, 15) is 18.0 Å². The predicted octanol–water partition coefficient (Wildman–Crippen LogP) is 5.62. The second-order valence-corrected chi connectivity index (χ2v) is 7.96. The highest BCUT2D eigenvalue weighted by molar-refractivity contribution is 9.10. The molecule has 0 unspecified atom stereocenters. The van der Waals surface area contributed by atoms with Gasteiger partial charge in [-0.1, -0.05) is 15.9 Å². The number of benzene rings is 1. The second-order valence-electron chi connectivity index (χ2n) is 7.11. The molecule has 3 nitrogen and oxygen atoms in total. The molecule has 0 aromatic heterocycles. The van der Waals surface area contributed by atoms with Crippen molar-refractivity contribution < 1.29 is 22.7 Å². The fourth-order valence-corrected chi connectivity index (χ4v) is 2.59. The first-order chi connectivity index (χ1) is 11.0. The Morgan fingerprint density at radius 3 is 2.42 bits per heavy atom. The zero-order chi connectivity index (χ0) is 18.1. The summed E-state index contributed by atoms with van der Waals surface area (Å²) < 4.78 is 44.7. The maximum atomic E-state index is 12.9. The molecule has 2 rings (SSSR count). The number of carbonyl (C=O) groups is 1. The third kappa shape index (κ3) is 5.69. The van der Waals surface area contributed by atoms with Gasteiger partial charge in [-0.05, 0) is 63.3 Å². The number of carbonyl (C=O) groups excluding carboxylic acids is 1. The van der Waals surface area contributed by atoms with E-state index in [2.05, 4.69) is 15.9 Å². The molecule has 1 aliphatic rings. The average molecular weight is 408 g/mol. The van der Waals surface area contributed by atoms with Crippen molar-refractivity contribution in [3.8, 4) is 0 Å². The van der Waals surface area contributed by atoms with Crippen LogP contribution < -0.4 is 0 Å². The molecule has 0 N–H and O–H groups in total. The summed E-state index contributed by atoms with van der Waals surface area (Å²) in [5.41, 5.74) is -0.961. The molecule has 134 valence electrons. The number of ether oxygens (including phenoxy) is 1. The van der Waals surface area contributed by atoms with Crippen LogP contribution in [0.4, 0.5) is 18.0 Å². The lowest BCUT2D eigenvalue weighted by Gasteiger charge is -2.28. The first-order valence-corrected chi connectivity index (χ1v) is 8.58. The Bertz CT molecular complexity index is 607. The van der Waals surface area contributed by atoms with Crippen molar-refractivity contribution in [2.24, 2.45) is 5.92 Å². The summed E-state index contributed by atoms with van der Waals surface area (Å²) in [5.74, 6) is 0.405. The van der Waals surface area contributed by atoms with Crippen molar-refractivity contribution in [3.05, 3.63) is 33.8 Å². The molecule has 1 aliphatic carbocycles. The van der Waals surface area contributed by atoms with E-state index in [-0.39, 0.29) is 6.54 Å². The van der Waals surface area contributed by atoms with E-state index in [1.165, 1.54) is 11.0 Å². The van der Waals surface area contributed by atoms with Gasteiger partial charge in [0.15, 0.2) is 0 Å². The summed E-state index contributed by atoms with van der Waals surface area (Å²) in [7, 11) is 0. The summed E-state index contributed by atoms with van der Waals surface area (Å²) >= 11 is 3.27. The Morgan fingerprint density at radius 2 is 1.92 bits per heavy atom. The minimum absolute atomic E-state index is 0.0793. The molecule has 0 aliphatic heterocycles. The van der Waals surface area contributed by atoms with Crippen LogP contribution in [0.1, 0.15) is 44.7 Å². The highest BCUT2D eigenvalue weighted by Gasteiger charge is 2.33. The molecule has 0 radical (unpaired) electrons. The van der Waals surface area contributed by atoms with E-state index >= 15 is 0 Å². The van der Waals surface area contributed by atoms with Gasteiger partial charge in [-0.25, -0.2) is 4.79 Å². The van der Waals surface area contributed by atoms with E-state index < -0.39 is 23.4 Å². The van der Waals surface area contributed by atoms with Gasteiger partial charge < -0.3 is 9.64 Å². The highest BCUT2D eigenvalue weighted by atomic mass is 79.9. The number of amides is 1. The van der Waals surface area contributed by atoms with Crippen molar-refractivity contribution in [1.82, 2.24) is 4.90 Å². The van der Waals surface area contributed by atoms with Crippen LogP contribution in [0.25, 0.3) is 0 Å². The number of hydrogen-bond acceptors (Lipinski definition) is 2. The van der Waals surface area contributed by atoms with Gasteiger partial charge in [0.05, 0.1) is 12.1 Å². The van der Waals surface area contributed by atoms with Crippen molar-refractivity contribution >= 4 is 22.0 Å². The van der Waals surface area contributed by atoms with Crippen LogP contribution in [0.5, 0.6) is 0 Å². The van der Waals surface area contributed by atoms with Gasteiger partial charge in [-0.15, -0.1) is 0 Å². The lowest BCUT2D eigenvalue weighted by molar-refractivity contribution is -0.137. The molecule has 0 bridgehead atoms. The molecule has 0 heterocycles. The Hall–Kier alpha value is -1.24. The van der Waals surface area contributed by atoms with Gasteiger partial charge in [0.1, 0.15) is 5.60 Å². The van der Waals surface area contributed by atoms with Crippen LogP contribution in [0.15, 0.2) is 22.7 Å². The lowest BCUT2D eigenvalue weighted by atomic mass is 10.1. The number of halogens is 4. The van der Waals surface area contributed by atoms with Crippen LogP contribution in [-0.4, -0.2) is 23.1 Å². The zero-order valence-corrected chi connectivity index (χ0v) is 15.5. The molecule has 24 heavy (non-hydrogen) atoms. The molecule has 1 saturated carbocycles. The van der Waals surface area contributed by atoms with Crippen LogP contribution in [0.2, 0.25) is 0 Å². The Morgan fingerprint density at radius 1 is 1.29 bits per heavy atom. The summed E-state index contributed by atoms with van der Waals surface area (Å²) in [6, 6.07) is 3.46. The zero-order valence-electron chi connectivity index (χ0n) is 13.9. The average Bonchev–Trinajstić information content (AvgIpc) is 3.21. The van der Waals surface area contributed by atoms with E-state index in [4.69, 9.17) is 4.74 Å². The van der Waals surface area contributed by atoms with E-state index in [1.807, 2.05) is 0 Å². The largest absolute Gasteiger partial charge is 0.444 e. The highest BCUT2D eigenvalue weighted by Crippen LogP contribution is 2.34. The third-order valence-electron chi connectivity index (χ3n) is 3.56. The molecular formula is C17H21BrF3NO2. The van der Waals surface area contributed by atoms with E-state index in [0.717, 1.165) is 25.0 Å². The summed E-state index contributed by atoms with van der Waals surface area (Å²) in [6.45, 7) is 5.87. The quantitative estimate of drug-likeness (QED) is 0.648. The number of rotatable bonds is 4. The lowest BCUT2D eigenvalue weighted by Crippen LogP contribution is -2.37. The fourth-order valence-electron chi connectivity index (χ4n) is 2.22. The van der Waals surface area contributed by atoms with Crippen LogP contribution in [0, 0.1) is 5.92 Å². The number of hydrogen-bond donors (Lipinski definition) is 0. The van der Waals surface area contributed by atoms with Crippen LogP contribution >= 0.6 is 15.9 Å². The second kappa shape index (κ2) is 6.94. The molecular weight excluding hydrogens is 387 g/mol. The Labute approximate surface area is 148 Å². The molecule has 1 aromatic rings. The number of nitrogens with zero attached hydrogens (tertiary/aromatic N) is 1. The maximum absolute atomic E-state index is 12.9. The standard InChI is InChI=1S/C17H21BrF3NO2/c1-16(2,3)24-15(23)22(9-11-4-5-11)10-12-8-13(17(19,20)21)6-7-14(12)18/h6-8,11H,4-5,9-10H2,1-3H3. The van der Waals surface area contributed by atoms with Crippen molar-refractivity contribution in [3.63, 3.8) is 0 Å². The summed E-state index contributed by atoms with van der Waals surface area (Å²) in [6.07, 6.45) is -2.85. The molecule has 7 heteroatoms.